The van der Waals surface area contributed by atoms with Gasteiger partial charge in [0.25, 0.3) is 0 Å². The van der Waals surface area contributed by atoms with Crippen LogP contribution >= 0.6 is 11.6 Å². The molecule has 0 bridgehead atoms. The zero-order valence-electron chi connectivity index (χ0n) is 21.7. The highest BCUT2D eigenvalue weighted by molar-refractivity contribution is 6.30. The van der Waals surface area contributed by atoms with Crippen LogP contribution in [0.3, 0.4) is 0 Å². The maximum Gasteiger partial charge on any atom is 0.338 e. The van der Waals surface area contributed by atoms with E-state index in [1.165, 1.54) is 11.1 Å². The van der Waals surface area contributed by atoms with E-state index in [1.807, 2.05) is 39.0 Å². The van der Waals surface area contributed by atoms with Gasteiger partial charge in [0.15, 0.2) is 0 Å². The molecule has 1 aliphatic heterocycles. The second-order valence-electron chi connectivity index (χ2n) is 12.1. The van der Waals surface area contributed by atoms with E-state index < -0.39 is 5.60 Å². The first-order chi connectivity index (χ1) is 17.0. The summed E-state index contributed by atoms with van der Waals surface area (Å²) in [4.78, 5) is 27.2. The van der Waals surface area contributed by atoms with Crippen molar-refractivity contribution in [1.29, 1.82) is 0 Å². The molecule has 3 atom stereocenters. The van der Waals surface area contributed by atoms with Crippen molar-refractivity contribution in [3.63, 3.8) is 0 Å². The molecule has 6 heteroatoms. The average Bonchev–Trinajstić information content (AvgIpc) is 2.97. The maximum atomic E-state index is 12.9. The standard InChI is InChI=1S/C30H36ClNO4/c1-28(2,3)36-27(34)21-7-10-26-25(15-21)32(16-22-11-13-29(22,4)18-33)17-30(19-35-26)12-5-6-20-14-23(31)8-9-24(20)30/h7-10,14-15,18,22H,5-6,11-13,16-17,19H2,1-4H3/t22-,29-,30?/m0/s1. The van der Waals surface area contributed by atoms with E-state index in [4.69, 9.17) is 21.1 Å². The number of hydrogen-bond acceptors (Lipinski definition) is 5. The molecular weight excluding hydrogens is 474 g/mol. The van der Waals surface area contributed by atoms with Crippen LogP contribution in [0.1, 0.15) is 74.9 Å². The molecule has 0 N–H and O–H groups in total. The predicted octanol–water partition coefficient (Wildman–Crippen LogP) is 6.38. The van der Waals surface area contributed by atoms with Gasteiger partial charge in [-0.25, -0.2) is 4.79 Å². The minimum Gasteiger partial charge on any atom is -0.490 e. The Bertz CT molecular complexity index is 1190. The highest BCUT2D eigenvalue weighted by atomic mass is 35.5. The predicted molar refractivity (Wildman–Crippen MR) is 142 cm³/mol. The van der Waals surface area contributed by atoms with Gasteiger partial charge in [0.1, 0.15) is 17.6 Å². The fourth-order valence-electron chi connectivity index (χ4n) is 6.10. The lowest BCUT2D eigenvalue weighted by Crippen LogP contribution is -2.51. The molecule has 2 aromatic carbocycles. The van der Waals surface area contributed by atoms with E-state index in [1.54, 1.807) is 6.07 Å². The number of fused-ring (bicyclic) bond motifs is 3. The molecule has 2 aliphatic carbocycles. The van der Waals surface area contributed by atoms with Gasteiger partial charge in [-0.1, -0.05) is 24.6 Å². The number of hydrogen-bond donors (Lipinski definition) is 0. The normalized spacial score (nSPS) is 27.2. The zero-order chi connectivity index (χ0) is 25.7. The minimum absolute atomic E-state index is 0.190. The summed E-state index contributed by atoms with van der Waals surface area (Å²) in [6, 6.07) is 11.8. The molecule has 1 saturated carbocycles. The summed E-state index contributed by atoms with van der Waals surface area (Å²) in [7, 11) is 0. The third-order valence-electron chi connectivity index (χ3n) is 8.35. The molecule has 0 aromatic heterocycles. The summed E-state index contributed by atoms with van der Waals surface area (Å²) < 4.78 is 12.2. The van der Waals surface area contributed by atoms with Gasteiger partial charge in [0, 0.05) is 28.9 Å². The Morgan fingerprint density at radius 2 is 2.03 bits per heavy atom. The summed E-state index contributed by atoms with van der Waals surface area (Å²) in [6.07, 6.45) is 6.16. The maximum absolute atomic E-state index is 12.9. The molecule has 1 spiro atoms. The van der Waals surface area contributed by atoms with Crippen LogP contribution in [-0.4, -0.2) is 37.6 Å². The van der Waals surface area contributed by atoms with Gasteiger partial charge >= 0.3 is 5.97 Å². The van der Waals surface area contributed by atoms with E-state index >= 15 is 0 Å². The van der Waals surface area contributed by atoms with Crippen LogP contribution in [0.5, 0.6) is 5.75 Å². The Hall–Kier alpha value is -2.53. The lowest BCUT2D eigenvalue weighted by atomic mass is 9.62. The number of anilines is 1. The monoisotopic (exact) mass is 509 g/mol. The quantitative estimate of drug-likeness (QED) is 0.353. The van der Waals surface area contributed by atoms with E-state index in [0.29, 0.717) is 12.2 Å². The van der Waals surface area contributed by atoms with Gasteiger partial charge < -0.3 is 19.2 Å². The van der Waals surface area contributed by atoms with Crippen molar-refractivity contribution in [2.75, 3.05) is 24.6 Å². The number of carbonyl (C=O) groups is 2. The van der Waals surface area contributed by atoms with E-state index in [0.717, 1.165) is 67.9 Å². The SMILES string of the molecule is CC(C)(C)OC(=O)c1ccc2c(c1)N(C[C@@H]1CC[C@@]1(C)C=O)CC1(CCCc3cc(Cl)ccc31)CO2. The third-order valence-corrected chi connectivity index (χ3v) is 8.58. The van der Waals surface area contributed by atoms with Gasteiger partial charge in [0.2, 0.25) is 0 Å². The van der Waals surface area contributed by atoms with Crippen molar-refractivity contribution in [3.05, 3.63) is 58.1 Å². The molecule has 0 radical (unpaired) electrons. The lowest BCUT2D eigenvalue weighted by Gasteiger charge is -2.47. The lowest BCUT2D eigenvalue weighted by molar-refractivity contribution is -0.123. The first-order valence-corrected chi connectivity index (χ1v) is 13.4. The zero-order valence-corrected chi connectivity index (χ0v) is 22.5. The van der Waals surface area contributed by atoms with Gasteiger partial charge in [-0.15, -0.1) is 0 Å². The van der Waals surface area contributed by atoms with Crippen molar-refractivity contribution >= 4 is 29.5 Å². The number of aryl methyl sites for hydroxylation is 1. The summed E-state index contributed by atoms with van der Waals surface area (Å²) in [5.41, 5.74) is 2.93. The van der Waals surface area contributed by atoms with Crippen molar-refractivity contribution in [1.82, 2.24) is 0 Å². The van der Waals surface area contributed by atoms with Gasteiger partial charge in [-0.05, 0) is 100 Å². The molecule has 1 unspecified atom stereocenters. The first kappa shape index (κ1) is 25.1. The Kier molecular flexibility index (Phi) is 6.35. The molecule has 5 nitrogen and oxygen atoms in total. The smallest absolute Gasteiger partial charge is 0.338 e. The number of aldehydes is 1. The van der Waals surface area contributed by atoms with E-state index in [-0.39, 0.29) is 22.7 Å². The Balaban J connectivity index is 1.55. The highest BCUT2D eigenvalue weighted by Crippen LogP contribution is 2.49. The summed E-state index contributed by atoms with van der Waals surface area (Å²) in [6.45, 7) is 9.75. The molecule has 2 aromatic rings. The fourth-order valence-corrected chi connectivity index (χ4v) is 6.30. The Labute approximate surface area is 219 Å². The largest absolute Gasteiger partial charge is 0.490 e. The van der Waals surface area contributed by atoms with Gasteiger partial charge in [0.05, 0.1) is 17.9 Å². The Morgan fingerprint density at radius 3 is 2.72 bits per heavy atom. The molecule has 5 rings (SSSR count). The number of ether oxygens (including phenoxy) is 2. The second-order valence-corrected chi connectivity index (χ2v) is 12.6. The van der Waals surface area contributed by atoms with E-state index in [2.05, 4.69) is 24.0 Å². The van der Waals surface area contributed by atoms with Crippen LogP contribution in [0, 0.1) is 11.3 Å². The average molecular weight is 510 g/mol. The number of nitrogens with zero attached hydrogens (tertiary/aromatic N) is 1. The molecule has 36 heavy (non-hydrogen) atoms. The molecule has 1 fully saturated rings. The molecule has 1 heterocycles. The van der Waals surface area contributed by atoms with Crippen LogP contribution < -0.4 is 9.64 Å². The van der Waals surface area contributed by atoms with Crippen molar-refractivity contribution in [3.8, 4) is 5.75 Å². The summed E-state index contributed by atoms with van der Waals surface area (Å²) >= 11 is 6.35. The third kappa shape index (κ3) is 4.63. The molecular formula is C30H36ClNO4. The molecule has 0 saturated heterocycles. The molecule has 192 valence electrons. The van der Waals surface area contributed by atoms with Crippen molar-refractivity contribution < 1.29 is 19.1 Å². The summed E-state index contributed by atoms with van der Waals surface area (Å²) in [5.74, 6) is 0.687. The fraction of sp³-hybridized carbons (Fsp3) is 0.533. The first-order valence-electron chi connectivity index (χ1n) is 13.0. The summed E-state index contributed by atoms with van der Waals surface area (Å²) in [5, 5.41) is 0.763. The number of carbonyl (C=O) groups excluding carboxylic acids is 2. The van der Waals surface area contributed by atoms with Crippen LogP contribution in [0.25, 0.3) is 0 Å². The van der Waals surface area contributed by atoms with Crippen LogP contribution in [-0.2, 0) is 21.4 Å². The Morgan fingerprint density at radius 1 is 1.22 bits per heavy atom. The van der Waals surface area contributed by atoms with Crippen LogP contribution in [0.15, 0.2) is 36.4 Å². The topological polar surface area (TPSA) is 55.8 Å². The second kappa shape index (κ2) is 9.09. The number of halogens is 1. The van der Waals surface area contributed by atoms with E-state index in [9.17, 15) is 9.59 Å². The highest BCUT2D eigenvalue weighted by Gasteiger charge is 2.46. The molecule has 0 amide bonds. The van der Waals surface area contributed by atoms with Crippen molar-refractivity contribution in [2.24, 2.45) is 11.3 Å². The number of benzene rings is 2. The van der Waals surface area contributed by atoms with Crippen molar-refractivity contribution in [2.45, 2.75) is 70.8 Å². The number of esters is 1. The van der Waals surface area contributed by atoms with Crippen LogP contribution in [0.2, 0.25) is 5.02 Å². The van der Waals surface area contributed by atoms with Gasteiger partial charge in [-0.3, -0.25) is 0 Å². The molecule has 3 aliphatic rings. The number of rotatable bonds is 4. The van der Waals surface area contributed by atoms with Crippen LogP contribution in [0.4, 0.5) is 5.69 Å². The minimum atomic E-state index is -0.574. The van der Waals surface area contributed by atoms with Gasteiger partial charge in [-0.2, -0.15) is 0 Å².